The topological polar surface area (TPSA) is 61.6 Å². The molecule has 1 fully saturated rings. The van der Waals surface area contributed by atoms with Gasteiger partial charge in [-0.3, -0.25) is 0 Å². The quantitative estimate of drug-likeness (QED) is 0.680. The van der Waals surface area contributed by atoms with Gasteiger partial charge in [0.05, 0.1) is 11.3 Å². The summed E-state index contributed by atoms with van der Waals surface area (Å²) in [5, 5.41) is 0. The van der Waals surface area contributed by atoms with Crippen LogP contribution in [-0.4, -0.2) is 18.4 Å². The van der Waals surface area contributed by atoms with Crippen molar-refractivity contribution in [2.75, 3.05) is 5.73 Å². The highest BCUT2D eigenvalue weighted by atomic mass is 19.4. The van der Waals surface area contributed by atoms with Crippen LogP contribution in [0.5, 0.6) is 5.75 Å². The number of rotatable bonds is 3. The molecule has 2 N–H and O–H groups in total. The average molecular weight is 275 g/mol. The van der Waals surface area contributed by atoms with Crippen LogP contribution in [0.4, 0.5) is 18.9 Å². The molecule has 1 aromatic rings. The minimum Gasteiger partial charge on any atom is -0.459 e. The Morgan fingerprint density at radius 3 is 2.47 bits per heavy atom. The summed E-state index contributed by atoms with van der Waals surface area (Å²) < 4.78 is 44.9. The monoisotopic (exact) mass is 275 g/mol. The molecule has 0 aliphatic heterocycles. The van der Waals surface area contributed by atoms with Gasteiger partial charge in [0.1, 0.15) is 6.10 Å². The lowest BCUT2D eigenvalue weighted by atomic mass is 9.96. The maximum absolute atomic E-state index is 12.0. The van der Waals surface area contributed by atoms with Crippen molar-refractivity contribution >= 4 is 11.7 Å². The van der Waals surface area contributed by atoms with Crippen LogP contribution in [0.1, 0.15) is 29.6 Å². The average Bonchev–Trinajstić information content (AvgIpc) is 2.24. The van der Waals surface area contributed by atoms with Gasteiger partial charge in [0.25, 0.3) is 0 Å². The Morgan fingerprint density at radius 1 is 1.32 bits per heavy atom. The van der Waals surface area contributed by atoms with Gasteiger partial charge in [0.15, 0.2) is 5.75 Å². The molecule has 0 bridgehead atoms. The van der Waals surface area contributed by atoms with Crippen LogP contribution in [0.2, 0.25) is 0 Å². The summed E-state index contributed by atoms with van der Waals surface area (Å²) in [6, 6.07) is 3.31. The Bertz CT molecular complexity index is 484. The van der Waals surface area contributed by atoms with Crippen molar-refractivity contribution < 1.29 is 27.4 Å². The van der Waals surface area contributed by atoms with Gasteiger partial charge >= 0.3 is 12.3 Å². The summed E-state index contributed by atoms with van der Waals surface area (Å²) in [5.74, 6) is -1.12. The number of halogens is 3. The molecule has 0 saturated heterocycles. The van der Waals surface area contributed by atoms with Crippen LogP contribution < -0.4 is 10.5 Å². The number of carbonyl (C=O) groups is 1. The molecule has 2 rings (SSSR count). The summed E-state index contributed by atoms with van der Waals surface area (Å²) >= 11 is 0. The molecule has 0 unspecified atom stereocenters. The standard InChI is InChI=1S/C12H12F3NO3/c13-12(14,15)19-10-5-4-7(6-9(10)16)11(17)18-8-2-1-3-8/h4-6,8H,1-3,16H2. The zero-order valence-corrected chi connectivity index (χ0v) is 9.87. The predicted octanol–water partition coefficient (Wildman–Crippen LogP) is 2.88. The highest BCUT2D eigenvalue weighted by Crippen LogP contribution is 2.30. The van der Waals surface area contributed by atoms with Crippen LogP contribution >= 0.6 is 0 Å². The van der Waals surface area contributed by atoms with Crippen molar-refractivity contribution in [3.63, 3.8) is 0 Å². The van der Waals surface area contributed by atoms with Crippen LogP contribution in [0, 0.1) is 0 Å². The third-order valence-electron chi connectivity index (χ3n) is 2.80. The number of esters is 1. The molecule has 0 aromatic heterocycles. The van der Waals surface area contributed by atoms with Crippen molar-refractivity contribution in [2.45, 2.75) is 31.7 Å². The van der Waals surface area contributed by atoms with Crippen LogP contribution in [0.15, 0.2) is 18.2 Å². The number of benzene rings is 1. The summed E-state index contributed by atoms with van der Waals surface area (Å²) in [5.41, 5.74) is 5.26. The van der Waals surface area contributed by atoms with E-state index in [9.17, 15) is 18.0 Å². The molecule has 7 heteroatoms. The SMILES string of the molecule is Nc1cc(C(=O)OC2CCC2)ccc1OC(F)(F)F. The molecular formula is C12H12F3NO3. The second-order valence-electron chi connectivity index (χ2n) is 4.26. The Morgan fingerprint density at radius 2 is 2.00 bits per heavy atom. The number of hydrogen-bond acceptors (Lipinski definition) is 4. The fourth-order valence-electron chi connectivity index (χ4n) is 1.60. The first-order valence-electron chi connectivity index (χ1n) is 5.71. The van der Waals surface area contributed by atoms with E-state index in [0.717, 1.165) is 31.4 Å². The number of anilines is 1. The number of carbonyl (C=O) groups excluding carboxylic acids is 1. The van der Waals surface area contributed by atoms with E-state index in [-0.39, 0.29) is 17.4 Å². The molecule has 1 aliphatic rings. The summed E-state index contributed by atoms with van der Waals surface area (Å²) in [4.78, 5) is 11.7. The molecule has 0 atom stereocenters. The van der Waals surface area contributed by atoms with E-state index in [1.54, 1.807) is 0 Å². The number of alkyl halides is 3. The first-order chi connectivity index (χ1) is 8.85. The maximum atomic E-state index is 12.0. The normalized spacial score (nSPS) is 15.7. The van der Waals surface area contributed by atoms with E-state index in [1.807, 2.05) is 0 Å². The Kier molecular flexibility index (Phi) is 3.55. The lowest BCUT2D eigenvalue weighted by molar-refractivity contribution is -0.274. The summed E-state index contributed by atoms with van der Waals surface area (Å²) in [6.07, 6.45) is -2.27. The van der Waals surface area contributed by atoms with Gasteiger partial charge in [-0.2, -0.15) is 0 Å². The Balaban J connectivity index is 2.07. The van der Waals surface area contributed by atoms with Gasteiger partial charge in [0, 0.05) is 0 Å². The van der Waals surface area contributed by atoms with Gasteiger partial charge < -0.3 is 15.2 Å². The zero-order valence-electron chi connectivity index (χ0n) is 9.87. The lowest BCUT2D eigenvalue weighted by Gasteiger charge is -2.25. The highest BCUT2D eigenvalue weighted by Gasteiger charge is 2.32. The number of nitrogens with two attached hydrogens (primary N) is 1. The first kappa shape index (κ1) is 13.5. The predicted molar refractivity (Wildman–Crippen MR) is 60.6 cm³/mol. The largest absolute Gasteiger partial charge is 0.573 e. The van der Waals surface area contributed by atoms with Gasteiger partial charge in [-0.25, -0.2) is 4.79 Å². The van der Waals surface area contributed by atoms with Crippen LogP contribution in [0.3, 0.4) is 0 Å². The molecule has 0 spiro atoms. The fraction of sp³-hybridized carbons (Fsp3) is 0.417. The third-order valence-corrected chi connectivity index (χ3v) is 2.80. The van der Waals surface area contributed by atoms with Gasteiger partial charge in [0.2, 0.25) is 0 Å². The molecule has 4 nitrogen and oxygen atoms in total. The lowest BCUT2D eigenvalue weighted by Crippen LogP contribution is -2.25. The van der Waals surface area contributed by atoms with Gasteiger partial charge in [-0.15, -0.1) is 13.2 Å². The molecule has 1 aromatic carbocycles. The zero-order chi connectivity index (χ0) is 14.0. The molecular weight excluding hydrogens is 263 g/mol. The third kappa shape index (κ3) is 3.52. The number of nitrogen functional groups attached to an aromatic ring is 1. The summed E-state index contributed by atoms with van der Waals surface area (Å²) in [6.45, 7) is 0. The van der Waals surface area contributed by atoms with E-state index >= 15 is 0 Å². The molecule has 0 radical (unpaired) electrons. The van der Waals surface area contributed by atoms with Gasteiger partial charge in [-0.1, -0.05) is 0 Å². The molecule has 1 aliphatic carbocycles. The fourth-order valence-corrected chi connectivity index (χ4v) is 1.60. The minimum atomic E-state index is -4.82. The Hall–Kier alpha value is -1.92. The van der Waals surface area contributed by atoms with Crippen LogP contribution in [-0.2, 0) is 4.74 Å². The van der Waals surface area contributed by atoms with Crippen molar-refractivity contribution in [1.82, 2.24) is 0 Å². The van der Waals surface area contributed by atoms with Crippen molar-refractivity contribution in [3.05, 3.63) is 23.8 Å². The van der Waals surface area contributed by atoms with Crippen molar-refractivity contribution in [3.8, 4) is 5.75 Å². The van der Waals surface area contributed by atoms with Gasteiger partial charge in [-0.05, 0) is 37.5 Å². The van der Waals surface area contributed by atoms with E-state index in [0.29, 0.717) is 0 Å². The molecule has 19 heavy (non-hydrogen) atoms. The Labute approximate surface area is 107 Å². The molecule has 1 saturated carbocycles. The number of hydrogen-bond donors (Lipinski definition) is 1. The molecule has 104 valence electrons. The van der Waals surface area contributed by atoms with Crippen LogP contribution in [0.25, 0.3) is 0 Å². The van der Waals surface area contributed by atoms with E-state index in [4.69, 9.17) is 10.5 Å². The van der Waals surface area contributed by atoms with E-state index in [2.05, 4.69) is 4.74 Å². The minimum absolute atomic E-state index is 0.0974. The maximum Gasteiger partial charge on any atom is 0.573 e. The molecule has 0 amide bonds. The first-order valence-corrected chi connectivity index (χ1v) is 5.71. The van der Waals surface area contributed by atoms with Crippen molar-refractivity contribution in [2.24, 2.45) is 0 Å². The number of ether oxygens (including phenoxy) is 2. The second kappa shape index (κ2) is 4.99. The second-order valence-corrected chi connectivity index (χ2v) is 4.26. The highest BCUT2D eigenvalue weighted by molar-refractivity contribution is 5.91. The molecule has 0 heterocycles. The van der Waals surface area contributed by atoms with E-state index < -0.39 is 18.1 Å². The van der Waals surface area contributed by atoms with E-state index in [1.165, 1.54) is 6.07 Å². The summed E-state index contributed by atoms with van der Waals surface area (Å²) in [7, 11) is 0. The van der Waals surface area contributed by atoms with Crippen molar-refractivity contribution in [1.29, 1.82) is 0 Å². The smallest absolute Gasteiger partial charge is 0.459 e.